The Hall–Kier alpha value is -1.72. The molecule has 3 atom stereocenters. The van der Waals surface area contributed by atoms with Crippen LogP contribution in [0.3, 0.4) is 0 Å². The Morgan fingerprint density at radius 1 is 1.21 bits per heavy atom. The highest BCUT2D eigenvalue weighted by Crippen LogP contribution is 2.39. The van der Waals surface area contributed by atoms with Gasteiger partial charge in [-0.1, -0.05) is 25.0 Å². The molecule has 2 aliphatic rings. The molecule has 1 saturated heterocycles. The molecule has 0 bridgehead atoms. The van der Waals surface area contributed by atoms with Gasteiger partial charge in [-0.3, -0.25) is 4.79 Å². The van der Waals surface area contributed by atoms with Gasteiger partial charge in [-0.2, -0.15) is 0 Å². The average molecular weight is 341 g/mol. The van der Waals surface area contributed by atoms with Crippen molar-refractivity contribution in [2.24, 2.45) is 5.92 Å². The second-order valence-electron chi connectivity index (χ2n) is 6.87. The summed E-state index contributed by atoms with van der Waals surface area (Å²) in [6.07, 6.45) is 1.27. The fraction of sp³-hybridized carbons (Fsp3) is 0.611. The van der Waals surface area contributed by atoms with E-state index < -0.39 is 6.36 Å². The van der Waals surface area contributed by atoms with Gasteiger partial charge in [0, 0.05) is 12.1 Å². The van der Waals surface area contributed by atoms with Gasteiger partial charge in [-0.05, 0) is 49.8 Å². The van der Waals surface area contributed by atoms with Crippen LogP contribution >= 0.6 is 0 Å². The van der Waals surface area contributed by atoms with Crippen LogP contribution in [0, 0.1) is 5.92 Å². The van der Waals surface area contributed by atoms with Gasteiger partial charge in [0.25, 0.3) is 0 Å². The van der Waals surface area contributed by atoms with E-state index in [4.69, 9.17) is 0 Å². The zero-order valence-corrected chi connectivity index (χ0v) is 13.7. The minimum Gasteiger partial charge on any atom is -0.406 e. The molecule has 3 nitrogen and oxygen atoms in total. The van der Waals surface area contributed by atoms with Crippen LogP contribution in [0.5, 0.6) is 5.75 Å². The quantitative estimate of drug-likeness (QED) is 0.820. The molecule has 0 spiro atoms. The number of carbonyl (C=O) groups excluding carboxylic acids is 1. The topological polar surface area (TPSA) is 29.5 Å². The third kappa shape index (κ3) is 3.84. The molecule has 1 aromatic carbocycles. The van der Waals surface area contributed by atoms with Gasteiger partial charge in [0.1, 0.15) is 5.75 Å². The zero-order valence-electron chi connectivity index (χ0n) is 13.7. The standard InChI is InChI=1S/C18H22F3NO2/c1-12-10-14-4-2-3-5-16(14)22(12)17(23)11-13-6-8-15(9-7-13)24-18(19,20)21/h6-9,12,14,16H,2-5,10-11H2,1H3. The van der Waals surface area contributed by atoms with Gasteiger partial charge in [-0.25, -0.2) is 0 Å². The molecule has 3 unspecified atom stereocenters. The number of likely N-dealkylation sites (tertiary alicyclic amines) is 1. The Bertz CT molecular complexity index is 585. The summed E-state index contributed by atoms with van der Waals surface area (Å²) in [7, 11) is 0. The summed E-state index contributed by atoms with van der Waals surface area (Å²) in [4.78, 5) is 14.7. The second-order valence-corrected chi connectivity index (χ2v) is 6.87. The summed E-state index contributed by atoms with van der Waals surface area (Å²) in [5, 5.41) is 0. The summed E-state index contributed by atoms with van der Waals surface area (Å²) < 4.78 is 40.4. The van der Waals surface area contributed by atoms with Gasteiger partial charge in [0.15, 0.2) is 0 Å². The van der Waals surface area contributed by atoms with Crippen LogP contribution in [0.4, 0.5) is 13.2 Å². The predicted molar refractivity (Wildman–Crippen MR) is 83.5 cm³/mol. The number of ether oxygens (including phenoxy) is 1. The molecule has 1 aliphatic heterocycles. The van der Waals surface area contributed by atoms with E-state index in [2.05, 4.69) is 11.7 Å². The maximum Gasteiger partial charge on any atom is 0.573 e. The first-order valence-electron chi connectivity index (χ1n) is 8.49. The second kappa shape index (κ2) is 6.65. The van der Waals surface area contributed by atoms with Crippen molar-refractivity contribution >= 4 is 5.91 Å². The normalized spacial score (nSPS) is 27.0. The molecule has 6 heteroatoms. The Labute approximate surface area is 139 Å². The zero-order chi connectivity index (χ0) is 17.3. The van der Waals surface area contributed by atoms with Gasteiger partial charge in [-0.15, -0.1) is 13.2 Å². The van der Waals surface area contributed by atoms with Crippen molar-refractivity contribution in [1.82, 2.24) is 4.90 Å². The minimum absolute atomic E-state index is 0.0707. The van der Waals surface area contributed by atoms with Crippen LogP contribution < -0.4 is 4.74 Å². The van der Waals surface area contributed by atoms with Crippen molar-refractivity contribution in [2.45, 2.75) is 63.9 Å². The van der Waals surface area contributed by atoms with E-state index in [9.17, 15) is 18.0 Å². The summed E-state index contributed by atoms with van der Waals surface area (Å²) in [6, 6.07) is 6.16. The van der Waals surface area contributed by atoms with E-state index in [1.54, 1.807) is 0 Å². The Morgan fingerprint density at radius 2 is 1.88 bits per heavy atom. The number of halogens is 3. The number of carbonyl (C=O) groups is 1. The van der Waals surface area contributed by atoms with Gasteiger partial charge < -0.3 is 9.64 Å². The first kappa shape index (κ1) is 17.1. The lowest BCUT2D eigenvalue weighted by Gasteiger charge is -2.33. The highest BCUT2D eigenvalue weighted by Gasteiger charge is 2.42. The van der Waals surface area contributed by atoms with E-state index in [1.807, 2.05) is 4.90 Å². The number of nitrogens with zero attached hydrogens (tertiary/aromatic N) is 1. The molecule has 0 N–H and O–H groups in total. The average Bonchev–Trinajstić information content (AvgIpc) is 2.83. The van der Waals surface area contributed by atoms with Gasteiger partial charge in [0.2, 0.25) is 5.91 Å². The molecule has 3 rings (SSSR count). The Kier molecular flexibility index (Phi) is 4.74. The van der Waals surface area contributed by atoms with Crippen molar-refractivity contribution in [3.63, 3.8) is 0 Å². The molecule has 1 aromatic rings. The van der Waals surface area contributed by atoms with Crippen molar-refractivity contribution in [1.29, 1.82) is 0 Å². The number of benzene rings is 1. The maximum atomic E-state index is 12.7. The molecule has 2 fully saturated rings. The first-order valence-corrected chi connectivity index (χ1v) is 8.49. The third-order valence-electron chi connectivity index (χ3n) is 5.15. The van der Waals surface area contributed by atoms with E-state index >= 15 is 0 Å². The maximum absolute atomic E-state index is 12.7. The summed E-state index contributed by atoms with van der Waals surface area (Å²) in [5.74, 6) is 0.419. The molecule has 24 heavy (non-hydrogen) atoms. The van der Waals surface area contributed by atoms with E-state index in [0.29, 0.717) is 17.5 Å². The minimum atomic E-state index is -4.70. The Morgan fingerprint density at radius 3 is 2.54 bits per heavy atom. The predicted octanol–water partition coefficient (Wildman–Crippen LogP) is 4.31. The molecule has 132 valence electrons. The molecule has 1 heterocycles. The van der Waals surface area contributed by atoms with Crippen LogP contribution in [-0.2, 0) is 11.2 Å². The molecule has 1 aliphatic carbocycles. The third-order valence-corrected chi connectivity index (χ3v) is 5.15. The first-order chi connectivity index (χ1) is 11.3. The lowest BCUT2D eigenvalue weighted by atomic mass is 9.85. The lowest BCUT2D eigenvalue weighted by molar-refractivity contribution is -0.274. The monoisotopic (exact) mass is 341 g/mol. The number of fused-ring (bicyclic) bond motifs is 1. The Balaban J connectivity index is 1.64. The fourth-order valence-corrected chi connectivity index (χ4v) is 4.21. The van der Waals surface area contributed by atoms with E-state index in [1.165, 1.54) is 43.5 Å². The summed E-state index contributed by atoms with van der Waals surface area (Å²) in [6.45, 7) is 2.09. The highest BCUT2D eigenvalue weighted by atomic mass is 19.4. The molecule has 1 amide bonds. The van der Waals surface area contributed by atoms with E-state index in [0.717, 1.165) is 12.8 Å². The molecule has 0 radical (unpaired) electrons. The molecular weight excluding hydrogens is 319 g/mol. The summed E-state index contributed by atoms with van der Waals surface area (Å²) in [5.41, 5.74) is 0.709. The van der Waals surface area contributed by atoms with Crippen molar-refractivity contribution in [3.8, 4) is 5.75 Å². The van der Waals surface area contributed by atoms with Crippen molar-refractivity contribution in [3.05, 3.63) is 29.8 Å². The highest BCUT2D eigenvalue weighted by molar-refractivity contribution is 5.79. The van der Waals surface area contributed by atoms with Crippen LogP contribution in [0.25, 0.3) is 0 Å². The van der Waals surface area contributed by atoms with Crippen molar-refractivity contribution in [2.75, 3.05) is 0 Å². The number of hydrogen-bond acceptors (Lipinski definition) is 2. The molecule has 1 saturated carbocycles. The van der Waals surface area contributed by atoms with Gasteiger partial charge in [0.05, 0.1) is 6.42 Å². The lowest BCUT2D eigenvalue weighted by Crippen LogP contribution is -2.43. The fourth-order valence-electron chi connectivity index (χ4n) is 4.21. The largest absolute Gasteiger partial charge is 0.573 e. The van der Waals surface area contributed by atoms with Crippen molar-refractivity contribution < 1.29 is 22.7 Å². The number of hydrogen-bond donors (Lipinski definition) is 0. The summed E-state index contributed by atoms with van der Waals surface area (Å²) >= 11 is 0. The van der Waals surface area contributed by atoms with Crippen LogP contribution in [0.1, 0.15) is 44.6 Å². The molecular formula is C18H22F3NO2. The van der Waals surface area contributed by atoms with Crippen LogP contribution in [-0.4, -0.2) is 29.3 Å². The number of alkyl halides is 3. The van der Waals surface area contributed by atoms with E-state index in [-0.39, 0.29) is 24.1 Å². The number of rotatable bonds is 3. The smallest absolute Gasteiger partial charge is 0.406 e. The SMILES string of the molecule is CC1CC2CCCCC2N1C(=O)Cc1ccc(OC(F)(F)F)cc1. The van der Waals surface area contributed by atoms with Crippen LogP contribution in [0.15, 0.2) is 24.3 Å². The van der Waals surface area contributed by atoms with Gasteiger partial charge >= 0.3 is 6.36 Å². The molecule has 0 aromatic heterocycles. The van der Waals surface area contributed by atoms with Crippen LogP contribution in [0.2, 0.25) is 0 Å². The number of amides is 1.